The maximum Gasteiger partial charge on any atom is 0.337 e. The summed E-state index contributed by atoms with van der Waals surface area (Å²) in [6.07, 6.45) is 1.79. The van der Waals surface area contributed by atoms with E-state index in [1.165, 1.54) is 11.1 Å². The van der Waals surface area contributed by atoms with Crippen molar-refractivity contribution in [3.63, 3.8) is 0 Å². The molecule has 7 nitrogen and oxygen atoms in total. The number of benzene rings is 2. The number of hydrogen-bond donors (Lipinski definition) is 2. The summed E-state index contributed by atoms with van der Waals surface area (Å²) >= 11 is 0. The third-order valence-corrected chi connectivity index (χ3v) is 6.07. The molecule has 0 amide bonds. The van der Waals surface area contributed by atoms with Crippen LogP contribution < -0.4 is 15.8 Å². The van der Waals surface area contributed by atoms with Crippen molar-refractivity contribution in [2.24, 2.45) is 0 Å². The van der Waals surface area contributed by atoms with Crippen LogP contribution in [0.4, 0.5) is 11.5 Å². The van der Waals surface area contributed by atoms with Crippen molar-refractivity contribution in [1.29, 1.82) is 0 Å². The normalized spacial score (nSPS) is 13.7. The van der Waals surface area contributed by atoms with Crippen LogP contribution in [0.25, 0.3) is 5.65 Å². The molecule has 0 spiro atoms. The van der Waals surface area contributed by atoms with Crippen LogP contribution in [0, 0.1) is 6.92 Å². The van der Waals surface area contributed by atoms with Crippen molar-refractivity contribution in [3.05, 3.63) is 105 Å². The van der Waals surface area contributed by atoms with Crippen LogP contribution in [0.1, 0.15) is 45.6 Å². The molecule has 0 radical (unpaired) electrons. The van der Waals surface area contributed by atoms with Crippen LogP contribution >= 0.6 is 0 Å². The average molecular weight is 441 g/mol. The van der Waals surface area contributed by atoms with E-state index in [-0.39, 0.29) is 17.2 Å². The van der Waals surface area contributed by atoms with Crippen molar-refractivity contribution in [2.75, 3.05) is 10.2 Å². The van der Waals surface area contributed by atoms with E-state index < -0.39 is 5.97 Å². The molecule has 7 heteroatoms. The summed E-state index contributed by atoms with van der Waals surface area (Å²) in [5.74, 6) is -0.357. The van der Waals surface area contributed by atoms with E-state index in [1.54, 1.807) is 40.9 Å². The number of nitrogens with zero attached hydrogens (tertiary/aromatic N) is 3. The first-order valence-electron chi connectivity index (χ1n) is 10.9. The molecule has 0 fully saturated rings. The molecule has 166 valence electrons. The Bertz CT molecular complexity index is 1420. The van der Waals surface area contributed by atoms with E-state index in [9.17, 15) is 14.7 Å². The molecule has 0 saturated carbocycles. The molecule has 2 aromatic carbocycles. The van der Waals surface area contributed by atoms with Gasteiger partial charge in [0.1, 0.15) is 11.5 Å². The molecule has 5 rings (SSSR count). The average Bonchev–Trinajstić information content (AvgIpc) is 3.23. The minimum absolute atomic E-state index is 0.144. The predicted octanol–water partition coefficient (Wildman–Crippen LogP) is 4.39. The molecule has 2 N–H and O–H groups in total. The fourth-order valence-corrected chi connectivity index (χ4v) is 4.44. The standard InChI is InChI=1S/C26H24N4O3/c1-16-11-21(17(2)27-22-10-6-5-9-20(22)26(32)33)25-28-23(12-24(31)30(25)13-16)29-14-18-7-3-4-8-19(18)15-29/h3-13,17,27H,14-15H2,1-2H3,(H,32,33)/t17-/m1/s1. The number of aromatic carboxylic acids is 1. The fraction of sp³-hybridized carbons (Fsp3) is 0.192. The zero-order valence-corrected chi connectivity index (χ0v) is 18.4. The Balaban J connectivity index is 1.57. The van der Waals surface area contributed by atoms with Gasteiger partial charge in [0.2, 0.25) is 0 Å². The van der Waals surface area contributed by atoms with E-state index in [0.717, 1.165) is 11.1 Å². The van der Waals surface area contributed by atoms with Crippen LogP contribution in [0.2, 0.25) is 0 Å². The predicted molar refractivity (Wildman–Crippen MR) is 128 cm³/mol. The second-order valence-electron chi connectivity index (χ2n) is 8.46. The van der Waals surface area contributed by atoms with Crippen molar-refractivity contribution < 1.29 is 9.90 Å². The summed E-state index contributed by atoms with van der Waals surface area (Å²) in [7, 11) is 0. The number of para-hydroxylation sites is 1. The minimum Gasteiger partial charge on any atom is -0.478 e. The number of nitrogens with one attached hydrogen (secondary N) is 1. The van der Waals surface area contributed by atoms with E-state index >= 15 is 0 Å². The van der Waals surface area contributed by atoms with Gasteiger partial charge in [-0.05, 0) is 48.7 Å². The van der Waals surface area contributed by atoms with Gasteiger partial charge in [-0.2, -0.15) is 0 Å². The number of pyridine rings is 1. The lowest BCUT2D eigenvalue weighted by Crippen LogP contribution is -2.23. The Hall–Kier alpha value is -4.13. The first-order chi connectivity index (χ1) is 15.9. The van der Waals surface area contributed by atoms with Crippen molar-refractivity contribution in [1.82, 2.24) is 9.38 Å². The molecule has 0 saturated heterocycles. The molecule has 0 bridgehead atoms. The van der Waals surface area contributed by atoms with Crippen LogP contribution in [-0.2, 0) is 13.1 Å². The second-order valence-corrected chi connectivity index (χ2v) is 8.46. The molecule has 1 aliphatic rings. The molecule has 1 aliphatic heterocycles. The number of carbonyl (C=O) groups is 1. The number of rotatable bonds is 5. The number of aryl methyl sites for hydroxylation is 1. The highest BCUT2D eigenvalue weighted by Gasteiger charge is 2.22. The summed E-state index contributed by atoms with van der Waals surface area (Å²) in [5, 5.41) is 12.8. The van der Waals surface area contributed by atoms with Gasteiger partial charge in [-0.1, -0.05) is 36.4 Å². The molecule has 0 unspecified atom stereocenters. The molecular formula is C26H24N4O3. The summed E-state index contributed by atoms with van der Waals surface area (Å²) in [6, 6.07) is 18.3. The van der Waals surface area contributed by atoms with Gasteiger partial charge in [0.15, 0.2) is 0 Å². The summed E-state index contributed by atoms with van der Waals surface area (Å²) in [5.41, 5.74) is 5.36. The van der Waals surface area contributed by atoms with Gasteiger partial charge in [0.05, 0.1) is 11.6 Å². The highest BCUT2D eigenvalue weighted by atomic mass is 16.4. The molecule has 2 aromatic heterocycles. The quantitative estimate of drug-likeness (QED) is 0.479. The molecule has 1 atom stereocenters. The Morgan fingerprint density at radius 3 is 2.42 bits per heavy atom. The first kappa shape index (κ1) is 20.8. The van der Waals surface area contributed by atoms with Gasteiger partial charge in [-0.3, -0.25) is 9.20 Å². The number of anilines is 2. The first-order valence-corrected chi connectivity index (χ1v) is 10.9. The third-order valence-electron chi connectivity index (χ3n) is 6.07. The molecule has 33 heavy (non-hydrogen) atoms. The van der Waals surface area contributed by atoms with Gasteiger partial charge in [-0.15, -0.1) is 0 Å². The third kappa shape index (κ3) is 3.82. The van der Waals surface area contributed by atoms with Crippen molar-refractivity contribution in [2.45, 2.75) is 33.0 Å². The van der Waals surface area contributed by atoms with E-state index in [1.807, 2.05) is 32.0 Å². The van der Waals surface area contributed by atoms with Gasteiger partial charge < -0.3 is 15.3 Å². The van der Waals surface area contributed by atoms with E-state index in [2.05, 4.69) is 22.3 Å². The molecule has 0 aliphatic carbocycles. The number of carboxylic acids is 1. The SMILES string of the molecule is Cc1cc([C@@H](C)Nc2ccccc2C(=O)O)c2nc(N3Cc4ccccc4C3)cc(=O)n2c1. The van der Waals surface area contributed by atoms with Gasteiger partial charge in [-0.25, -0.2) is 9.78 Å². The van der Waals surface area contributed by atoms with Crippen LogP contribution in [-0.4, -0.2) is 20.5 Å². The number of aromatic nitrogens is 2. The smallest absolute Gasteiger partial charge is 0.337 e. The maximum absolute atomic E-state index is 13.1. The Labute approximate surface area is 191 Å². The summed E-state index contributed by atoms with van der Waals surface area (Å²) in [4.78, 5) is 31.7. The van der Waals surface area contributed by atoms with Gasteiger partial charge in [0.25, 0.3) is 5.56 Å². The minimum atomic E-state index is -0.996. The lowest BCUT2D eigenvalue weighted by molar-refractivity contribution is 0.0698. The topological polar surface area (TPSA) is 86.9 Å². The van der Waals surface area contributed by atoms with E-state index in [0.29, 0.717) is 30.2 Å². The molecule has 4 aromatic rings. The summed E-state index contributed by atoms with van der Waals surface area (Å²) < 4.78 is 1.57. The van der Waals surface area contributed by atoms with Gasteiger partial charge >= 0.3 is 5.97 Å². The highest BCUT2D eigenvalue weighted by molar-refractivity contribution is 5.94. The largest absolute Gasteiger partial charge is 0.478 e. The van der Waals surface area contributed by atoms with Crippen LogP contribution in [0.3, 0.4) is 0 Å². The monoisotopic (exact) mass is 440 g/mol. The zero-order chi connectivity index (χ0) is 23.1. The number of carboxylic acid groups (broad SMARTS) is 1. The number of hydrogen-bond acceptors (Lipinski definition) is 5. The number of fused-ring (bicyclic) bond motifs is 2. The Kier molecular flexibility index (Phi) is 5.09. The maximum atomic E-state index is 13.1. The van der Waals surface area contributed by atoms with Crippen LogP contribution in [0.15, 0.2) is 71.7 Å². The Morgan fingerprint density at radius 2 is 1.73 bits per heavy atom. The fourth-order valence-electron chi connectivity index (χ4n) is 4.44. The highest BCUT2D eigenvalue weighted by Crippen LogP contribution is 2.29. The van der Waals surface area contributed by atoms with Gasteiger partial charge in [0, 0.05) is 36.6 Å². The Morgan fingerprint density at radius 1 is 1.06 bits per heavy atom. The molecular weight excluding hydrogens is 416 g/mol. The lowest BCUT2D eigenvalue weighted by Gasteiger charge is -2.21. The van der Waals surface area contributed by atoms with E-state index in [4.69, 9.17) is 4.98 Å². The van der Waals surface area contributed by atoms with Crippen LogP contribution in [0.5, 0.6) is 0 Å². The zero-order valence-electron chi connectivity index (χ0n) is 18.4. The summed E-state index contributed by atoms with van der Waals surface area (Å²) in [6.45, 7) is 5.29. The molecule has 3 heterocycles. The second kappa shape index (κ2) is 8.09. The van der Waals surface area contributed by atoms with Crippen molar-refractivity contribution >= 4 is 23.1 Å². The van der Waals surface area contributed by atoms with Crippen molar-refractivity contribution in [3.8, 4) is 0 Å². The lowest BCUT2D eigenvalue weighted by atomic mass is 10.1.